The van der Waals surface area contributed by atoms with Crippen LogP contribution in [-0.4, -0.2) is 22.6 Å². The minimum Gasteiger partial charge on any atom is -0.465 e. The highest BCUT2D eigenvalue weighted by Gasteiger charge is 2.17. The molecule has 0 aliphatic rings. The number of rotatable bonds is 4. The Hall–Kier alpha value is -3.91. The maximum atomic E-state index is 11.7. The minimum absolute atomic E-state index is 0.348. The number of aryl methyl sites for hydroxylation is 1. The number of benzene rings is 2. The van der Waals surface area contributed by atoms with Crippen molar-refractivity contribution in [3.63, 3.8) is 0 Å². The van der Waals surface area contributed by atoms with E-state index in [1.54, 1.807) is 18.3 Å². The van der Waals surface area contributed by atoms with Crippen LogP contribution >= 0.6 is 0 Å². The molecule has 2 heterocycles. The summed E-state index contributed by atoms with van der Waals surface area (Å²) in [7, 11) is 1.38. The van der Waals surface area contributed by atoms with Gasteiger partial charge in [-0.3, -0.25) is 4.98 Å². The Morgan fingerprint density at radius 2 is 1.97 bits per heavy atom. The number of carbonyl (C=O) groups excluding carboxylic acids is 1. The topological polar surface area (TPSA) is 67.9 Å². The molecule has 0 N–H and O–H groups in total. The highest BCUT2D eigenvalue weighted by Crippen LogP contribution is 2.34. The van der Waals surface area contributed by atoms with Crippen molar-refractivity contribution in [1.29, 1.82) is 5.26 Å². The molecule has 0 unspecified atom stereocenters. The van der Waals surface area contributed by atoms with Crippen molar-refractivity contribution in [3.05, 3.63) is 89.2 Å². The molecule has 2 aromatic heterocycles. The molecule has 0 spiro atoms. The molecule has 0 saturated carbocycles. The summed E-state index contributed by atoms with van der Waals surface area (Å²) >= 11 is 0. The number of hydrogen-bond acceptors (Lipinski definition) is 4. The Labute approximate surface area is 168 Å². The van der Waals surface area contributed by atoms with Gasteiger partial charge in [0.2, 0.25) is 0 Å². The highest BCUT2D eigenvalue weighted by atomic mass is 16.5. The van der Waals surface area contributed by atoms with Gasteiger partial charge >= 0.3 is 5.97 Å². The van der Waals surface area contributed by atoms with Gasteiger partial charge in [-0.2, -0.15) is 5.26 Å². The van der Waals surface area contributed by atoms with E-state index < -0.39 is 0 Å². The Morgan fingerprint density at radius 3 is 2.62 bits per heavy atom. The molecule has 4 rings (SSSR count). The predicted molar refractivity (Wildman–Crippen MR) is 112 cm³/mol. The number of methoxy groups -OCH3 is 1. The first kappa shape index (κ1) is 18.5. The van der Waals surface area contributed by atoms with Crippen LogP contribution in [0.4, 0.5) is 0 Å². The van der Waals surface area contributed by atoms with Crippen molar-refractivity contribution in [1.82, 2.24) is 9.55 Å². The van der Waals surface area contributed by atoms with E-state index in [4.69, 9.17) is 4.74 Å². The van der Waals surface area contributed by atoms with Gasteiger partial charge < -0.3 is 9.30 Å². The number of ether oxygens (including phenoxy) is 1. The Kier molecular flexibility index (Phi) is 4.84. The fourth-order valence-electron chi connectivity index (χ4n) is 3.68. The van der Waals surface area contributed by atoms with Crippen LogP contribution in [0.2, 0.25) is 0 Å². The van der Waals surface area contributed by atoms with Crippen molar-refractivity contribution < 1.29 is 9.53 Å². The summed E-state index contributed by atoms with van der Waals surface area (Å²) in [5.41, 5.74) is 6.47. The molecular formula is C24H19N3O2. The summed E-state index contributed by atoms with van der Waals surface area (Å²) in [5, 5.41) is 10.4. The van der Waals surface area contributed by atoms with E-state index >= 15 is 0 Å². The molecule has 0 saturated heterocycles. The lowest BCUT2D eigenvalue weighted by Crippen LogP contribution is -2.04. The van der Waals surface area contributed by atoms with Gasteiger partial charge in [-0.15, -0.1) is 0 Å². The molecule has 0 aliphatic carbocycles. The number of aromatic nitrogens is 2. The summed E-state index contributed by atoms with van der Waals surface area (Å²) < 4.78 is 7.01. The van der Waals surface area contributed by atoms with Crippen LogP contribution in [0.5, 0.6) is 0 Å². The Balaban J connectivity index is 1.86. The molecule has 5 heteroatoms. The Morgan fingerprint density at radius 1 is 1.17 bits per heavy atom. The van der Waals surface area contributed by atoms with Crippen molar-refractivity contribution in [2.24, 2.45) is 0 Å². The number of fused-ring (bicyclic) bond motifs is 1. The third-order valence-corrected chi connectivity index (χ3v) is 5.10. The zero-order valence-electron chi connectivity index (χ0n) is 16.2. The molecule has 5 nitrogen and oxygen atoms in total. The van der Waals surface area contributed by atoms with E-state index in [1.165, 1.54) is 7.11 Å². The van der Waals surface area contributed by atoms with Gasteiger partial charge in [0, 0.05) is 35.4 Å². The summed E-state index contributed by atoms with van der Waals surface area (Å²) in [4.78, 5) is 16.0. The Bertz CT molecular complexity index is 1230. The van der Waals surface area contributed by atoms with E-state index in [2.05, 4.69) is 22.5 Å². The van der Waals surface area contributed by atoms with Gasteiger partial charge in [-0.1, -0.05) is 12.1 Å². The normalized spacial score (nSPS) is 10.7. The summed E-state index contributed by atoms with van der Waals surface area (Å²) in [6.07, 6.45) is 3.61. The lowest BCUT2D eigenvalue weighted by Gasteiger charge is -2.12. The molecule has 4 aromatic rings. The van der Waals surface area contributed by atoms with E-state index in [9.17, 15) is 10.1 Å². The van der Waals surface area contributed by atoms with Crippen molar-refractivity contribution in [2.75, 3.05) is 7.11 Å². The zero-order chi connectivity index (χ0) is 20.4. The second kappa shape index (κ2) is 7.61. The largest absolute Gasteiger partial charge is 0.465 e. The van der Waals surface area contributed by atoms with Crippen LogP contribution in [0.15, 0.2) is 67.0 Å². The molecule has 0 aliphatic heterocycles. The molecule has 0 bridgehead atoms. The van der Waals surface area contributed by atoms with Crippen molar-refractivity contribution in [2.45, 2.75) is 13.5 Å². The van der Waals surface area contributed by atoms with Gasteiger partial charge in [-0.05, 0) is 60.5 Å². The number of carbonyl (C=O) groups is 1. The average Bonchev–Trinajstić information content (AvgIpc) is 3.05. The first-order chi connectivity index (χ1) is 14.1. The smallest absolute Gasteiger partial charge is 0.337 e. The summed E-state index contributed by atoms with van der Waals surface area (Å²) in [6, 6.07) is 19.4. The van der Waals surface area contributed by atoms with Crippen LogP contribution in [0.25, 0.3) is 22.2 Å². The van der Waals surface area contributed by atoms with Crippen LogP contribution in [-0.2, 0) is 11.3 Å². The molecule has 0 fully saturated rings. The third-order valence-electron chi connectivity index (χ3n) is 5.10. The third kappa shape index (κ3) is 3.37. The molecule has 0 amide bonds. The number of hydrogen-bond donors (Lipinski definition) is 0. The van der Waals surface area contributed by atoms with Crippen molar-refractivity contribution >= 4 is 16.9 Å². The van der Waals surface area contributed by atoms with Crippen LogP contribution in [0, 0.1) is 18.3 Å². The number of nitriles is 1. The van der Waals surface area contributed by atoms with Gasteiger partial charge in [0.1, 0.15) is 0 Å². The van der Waals surface area contributed by atoms with Crippen LogP contribution in [0.3, 0.4) is 0 Å². The van der Waals surface area contributed by atoms with Gasteiger partial charge in [0.15, 0.2) is 0 Å². The second-order valence-electron chi connectivity index (χ2n) is 6.83. The molecular weight excluding hydrogens is 362 g/mol. The molecule has 0 radical (unpaired) electrons. The van der Waals surface area contributed by atoms with Crippen molar-refractivity contribution in [3.8, 4) is 17.3 Å². The van der Waals surface area contributed by atoms with Gasteiger partial charge in [0.25, 0.3) is 0 Å². The number of esters is 1. The van der Waals surface area contributed by atoms with E-state index in [1.807, 2.05) is 48.7 Å². The second-order valence-corrected chi connectivity index (χ2v) is 6.83. The average molecular weight is 381 g/mol. The zero-order valence-corrected chi connectivity index (χ0v) is 16.2. The maximum Gasteiger partial charge on any atom is 0.337 e. The number of nitrogens with zero attached hydrogens (tertiary/aromatic N) is 3. The van der Waals surface area contributed by atoms with E-state index in [-0.39, 0.29) is 5.97 Å². The molecule has 0 atom stereocenters. The first-order valence-corrected chi connectivity index (χ1v) is 9.23. The standard InChI is InChI=1S/C24H19N3O2/c1-16-21-12-18(13-25)7-10-22(21)27(23(16)20-4-3-11-26-14-20)15-17-5-8-19(9-6-17)24(28)29-2/h3-12,14H,15H2,1-2H3. The summed E-state index contributed by atoms with van der Waals surface area (Å²) in [5.74, 6) is -0.348. The summed E-state index contributed by atoms with van der Waals surface area (Å²) in [6.45, 7) is 2.70. The van der Waals surface area contributed by atoms with Crippen LogP contribution < -0.4 is 0 Å². The fraction of sp³-hybridized carbons (Fsp3) is 0.125. The van der Waals surface area contributed by atoms with Gasteiger partial charge in [0.05, 0.1) is 30.0 Å². The van der Waals surface area contributed by atoms with Gasteiger partial charge in [-0.25, -0.2) is 4.79 Å². The van der Waals surface area contributed by atoms with E-state index in [0.717, 1.165) is 33.3 Å². The number of pyridine rings is 1. The fourth-order valence-corrected chi connectivity index (χ4v) is 3.68. The lowest BCUT2D eigenvalue weighted by molar-refractivity contribution is 0.0600. The quantitative estimate of drug-likeness (QED) is 0.480. The molecule has 142 valence electrons. The van der Waals surface area contributed by atoms with E-state index in [0.29, 0.717) is 17.7 Å². The molecule has 29 heavy (non-hydrogen) atoms. The minimum atomic E-state index is -0.348. The SMILES string of the molecule is COC(=O)c1ccc(Cn2c(-c3cccnc3)c(C)c3cc(C#N)ccc32)cc1. The highest BCUT2D eigenvalue weighted by molar-refractivity contribution is 5.92. The monoisotopic (exact) mass is 381 g/mol. The predicted octanol–water partition coefficient (Wildman–Crippen LogP) is 4.72. The van der Waals surface area contributed by atoms with Crippen LogP contribution in [0.1, 0.15) is 27.0 Å². The maximum absolute atomic E-state index is 11.7. The molecule has 2 aromatic carbocycles. The first-order valence-electron chi connectivity index (χ1n) is 9.23. The lowest BCUT2D eigenvalue weighted by atomic mass is 10.1.